The van der Waals surface area contributed by atoms with E-state index in [0.717, 1.165) is 32.1 Å². The van der Waals surface area contributed by atoms with Gasteiger partial charge < -0.3 is 5.32 Å². The molecule has 1 aromatic carbocycles. The van der Waals surface area contributed by atoms with E-state index < -0.39 is 10.0 Å². The first-order valence-corrected chi connectivity index (χ1v) is 12.6. The lowest BCUT2D eigenvalue weighted by Crippen LogP contribution is -2.55. The topological polar surface area (TPSA) is 69.7 Å². The van der Waals surface area contributed by atoms with Crippen molar-refractivity contribution in [1.29, 1.82) is 0 Å². The Bertz CT molecular complexity index is 841. The molecular weight excluding hydrogens is 386 g/mol. The Morgan fingerprint density at radius 3 is 2.34 bits per heavy atom. The number of aryl methyl sites for hydroxylation is 2. The number of hydrogen-bond acceptors (Lipinski definition) is 4. The highest BCUT2D eigenvalue weighted by Gasteiger charge is 2.33. The van der Waals surface area contributed by atoms with Crippen LogP contribution in [0.2, 0.25) is 0 Å². The van der Waals surface area contributed by atoms with E-state index in [9.17, 15) is 13.2 Å². The van der Waals surface area contributed by atoms with E-state index in [0.29, 0.717) is 37.1 Å². The van der Waals surface area contributed by atoms with Gasteiger partial charge in [-0.2, -0.15) is 4.31 Å². The Morgan fingerprint density at radius 1 is 1.00 bits per heavy atom. The van der Waals surface area contributed by atoms with Crippen LogP contribution in [0, 0.1) is 0 Å². The molecule has 1 saturated carbocycles. The number of fused-ring (bicyclic) bond motifs is 1. The van der Waals surface area contributed by atoms with E-state index in [1.54, 1.807) is 10.4 Å². The standard InChI is InChI=1S/C22H33N3O3S/c1-17(22(26)23-20-8-4-5-9-20)24-12-14-25(15-13-24)29(27,28)21-11-10-18-6-2-3-7-19(18)16-21/h10-11,16-17,20H,2-9,12-15H2,1H3,(H,23,26). The summed E-state index contributed by atoms with van der Waals surface area (Å²) in [6.45, 7) is 3.96. The van der Waals surface area contributed by atoms with Crippen LogP contribution in [0.4, 0.5) is 0 Å². The minimum absolute atomic E-state index is 0.0721. The zero-order valence-corrected chi connectivity index (χ0v) is 18.2. The van der Waals surface area contributed by atoms with E-state index in [1.165, 1.54) is 30.4 Å². The average molecular weight is 420 g/mol. The van der Waals surface area contributed by atoms with Crippen LogP contribution < -0.4 is 5.32 Å². The fraction of sp³-hybridized carbons (Fsp3) is 0.682. The molecule has 160 valence electrons. The van der Waals surface area contributed by atoms with Crippen LogP contribution in [-0.4, -0.2) is 61.8 Å². The molecule has 1 aromatic rings. The van der Waals surface area contributed by atoms with Crippen molar-refractivity contribution in [2.75, 3.05) is 26.2 Å². The van der Waals surface area contributed by atoms with Gasteiger partial charge in [-0.1, -0.05) is 18.9 Å². The van der Waals surface area contributed by atoms with Crippen molar-refractivity contribution in [3.05, 3.63) is 29.3 Å². The summed E-state index contributed by atoms with van der Waals surface area (Å²) in [5, 5.41) is 3.16. The molecule has 1 heterocycles. The molecule has 1 unspecified atom stereocenters. The monoisotopic (exact) mass is 419 g/mol. The Balaban J connectivity index is 1.36. The highest BCUT2D eigenvalue weighted by molar-refractivity contribution is 7.89. The molecule has 1 atom stereocenters. The molecule has 1 saturated heterocycles. The Morgan fingerprint density at radius 2 is 1.66 bits per heavy atom. The first kappa shape index (κ1) is 20.8. The van der Waals surface area contributed by atoms with Crippen molar-refractivity contribution in [2.24, 2.45) is 0 Å². The molecule has 0 radical (unpaired) electrons. The van der Waals surface area contributed by atoms with E-state index >= 15 is 0 Å². The van der Waals surface area contributed by atoms with Crippen LogP contribution in [-0.2, 0) is 27.7 Å². The summed E-state index contributed by atoms with van der Waals surface area (Å²) in [4.78, 5) is 15.1. The number of carbonyl (C=O) groups excluding carboxylic acids is 1. The van der Waals surface area contributed by atoms with Gasteiger partial charge in [0.05, 0.1) is 10.9 Å². The third kappa shape index (κ3) is 4.52. The highest BCUT2D eigenvalue weighted by Crippen LogP contribution is 2.26. The average Bonchev–Trinajstić information content (AvgIpc) is 3.26. The molecule has 1 N–H and O–H groups in total. The first-order valence-electron chi connectivity index (χ1n) is 11.1. The summed E-state index contributed by atoms with van der Waals surface area (Å²) in [5.41, 5.74) is 2.48. The third-order valence-electron chi connectivity index (χ3n) is 6.86. The smallest absolute Gasteiger partial charge is 0.243 e. The van der Waals surface area contributed by atoms with Crippen molar-refractivity contribution in [1.82, 2.24) is 14.5 Å². The van der Waals surface area contributed by atoms with Crippen LogP contribution in [0.3, 0.4) is 0 Å². The molecule has 2 fully saturated rings. The second kappa shape index (κ2) is 8.74. The summed E-state index contributed by atoms with van der Waals surface area (Å²) in [5.74, 6) is 0.0721. The molecule has 0 spiro atoms. The second-order valence-electron chi connectivity index (χ2n) is 8.74. The number of hydrogen-bond donors (Lipinski definition) is 1. The van der Waals surface area contributed by atoms with Crippen LogP contribution in [0.1, 0.15) is 56.6 Å². The van der Waals surface area contributed by atoms with E-state index in [2.05, 4.69) is 10.2 Å². The molecule has 2 aliphatic carbocycles. The lowest BCUT2D eigenvalue weighted by atomic mass is 9.92. The van der Waals surface area contributed by atoms with Crippen molar-refractivity contribution in [3.8, 4) is 0 Å². The fourth-order valence-electron chi connectivity index (χ4n) is 4.91. The molecule has 0 aromatic heterocycles. The SMILES string of the molecule is CC(C(=O)NC1CCCC1)N1CCN(S(=O)(=O)c2ccc3c(c2)CCCC3)CC1. The molecule has 29 heavy (non-hydrogen) atoms. The third-order valence-corrected chi connectivity index (χ3v) is 8.75. The molecule has 4 rings (SSSR count). The first-order chi connectivity index (χ1) is 13.9. The number of amides is 1. The Hall–Kier alpha value is -1.44. The van der Waals surface area contributed by atoms with Crippen molar-refractivity contribution in [3.63, 3.8) is 0 Å². The van der Waals surface area contributed by atoms with Crippen molar-refractivity contribution in [2.45, 2.75) is 75.3 Å². The zero-order valence-electron chi connectivity index (χ0n) is 17.4. The van der Waals surface area contributed by atoms with E-state index in [-0.39, 0.29) is 11.9 Å². The minimum atomic E-state index is -3.48. The normalized spacial score (nSPS) is 22.9. The molecule has 1 amide bonds. The molecule has 3 aliphatic rings. The van der Waals surface area contributed by atoms with Gasteiger partial charge in [-0.15, -0.1) is 0 Å². The van der Waals surface area contributed by atoms with Gasteiger partial charge >= 0.3 is 0 Å². The van der Waals surface area contributed by atoms with Gasteiger partial charge in [0.15, 0.2) is 0 Å². The maximum Gasteiger partial charge on any atom is 0.243 e. The van der Waals surface area contributed by atoms with E-state index in [4.69, 9.17) is 0 Å². The Kier molecular flexibility index (Phi) is 6.27. The quantitative estimate of drug-likeness (QED) is 0.795. The largest absolute Gasteiger partial charge is 0.352 e. The van der Waals surface area contributed by atoms with Gasteiger partial charge in [0.25, 0.3) is 0 Å². The number of benzene rings is 1. The minimum Gasteiger partial charge on any atom is -0.352 e. The number of rotatable bonds is 5. The van der Waals surface area contributed by atoms with E-state index in [1.807, 2.05) is 19.1 Å². The number of carbonyl (C=O) groups is 1. The van der Waals surface area contributed by atoms with Crippen LogP contribution in [0.15, 0.2) is 23.1 Å². The number of nitrogens with zero attached hydrogens (tertiary/aromatic N) is 2. The predicted octanol–water partition coefficient (Wildman–Crippen LogP) is 2.32. The molecule has 6 nitrogen and oxygen atoms in total. The lowest BCUT2D eigenvalue weighted by Gasteiger charge is -2.37. The van der Waals surface area contributed by atoms with Crippen molar-refractivity contribution < 1.29 is 13.2 Å². The summed E-state index contributed by atoms with van der Waals surface area (Å²) < 4.78 is 27.9. The van der Waals surface area contributed by atoms with Crippen LogP contribution in [0.25, 0.3) is 0 Å². The lowest BCUT2D eigenvalue weighted by molar-refractivity contribution is -0.127. The van der Waals surface area contributed by atoms with Gasteiger partial charge in [0.2, 0.25) is 15.9 Å². The van der Waals surface area contributed by atoms with Crippen LogP contribution in [0.5, 0.6) is 0 Å². The number of sulfonamides is 1. The van der Waals surface area contributed by atoms with Gasteiger partial charge in [-0.05, 0) is 68.7 Å². The molecular formula is C22H33N3O3S. The van der Waals surface area contributed by atoms with Crippen LogP contribution >= 0.6 is 0 Å². The fourth-order valence-corrected chi connectivity index (χ4v) is 6.38. The van der Waals surface area contributed by atoms with Gasteiger partial charge in [-0.3, -0.25) is 9.69 Å². The van der Waals surface area contributed by atoms with Crippen molar-refractivity contribution >= 4 is 15.9 Å². The van der Waals surface area contributed by atoms with Gasteiger partial charge in [0.1, 0.15) is 0 Å². The van der Waals surface area contributed by atoms with Gasteiger partial charge in [-0.25, -0.2) is 8.42 Å². The zero-order chi connectivity index (χ0) is 20.4. The highest BCUT2D eigenvalue weighted by atomic mass is 32.2. The maximum atomic E-state index is 13.1. The molecule has 7 heteroatoms. The number of piperazine rings is 1. The summed E-state index contributed by atoms with van der Waals surface area (Å²) in [6.07, 6.45) is 8.88. The summed E-state index contributed by atoms with van der Waals surface area (Å²) in [6, 6.07) is 5.74. The molecule has 1 aliphatic heterocycles. The second-order valence-corrected chi connectivity index (χ2v) is 10.7. The number of nitrogens with one attached hydrogen (secondary N) is 1. The van der Waals surface area contributed by atoms with Gasteiger partial charge in [0, 0.05) is 32.2 Å². The maximum absolute atomic E-state index is 13.1. The Labute approximate surface area is 174 Å². The predicted molar refractivity (Wildman–Crippen MR) is 113 cm³/mol. The molecule has 0 bridgehead atoms. The summed E-state index contributed by atoms with van der Waals surface area (Å²) >= 11 is 0. The summed E-state index contributed by atoms with van der Waals surface area (Å²) in [7, 11) is -3.48.